The minimum absolute atomic E-state index is 0.0921. The third-order valence-corrected chi connectivity index (χ3v) is 9.38. The van der Waals surface area contributed by atoms with E-state index >= 15 is 0 Å². The zero-order valence-electron chi connectivity index (χ0n) is 23.9. The van der Waals surface area contributed by atoms with Crippen LogP contribution in [0.1, 0.15) is 43.4 Å². The number of thioether (sulfide) groups is 1. The first-order valence-electron chi connectivity index (χ1n) is 13.4. The number of sulfonamides is 1. The summed E-state index contributed by atoms with van der Waals surface area (Å²) in [5, 5.41) is 2.91. The summed E-state index contributed by atoms with van der Waals surface area (Å²) in [4.78, 5) is 29.6. The van der Waals surface area contributed by atoms with Crippen molar-refractivity contribution in [1.82, 2.24) is 10.2 Å². The van der Waals surface area contributed by atoms with Gasteiger partial charge in [-0.2, -0.15) is 0 Å². The van der Waals surface area contributed by atoms with Crippen molar-refractivity contribution >= 4 is 39.3 Å². The second-order valence-corrected chi connectivity index (χ2v) is 12.5. The van der Waals surface area contributed by atoms with Crippen LogP contribution in [0.2, 0.25) is 0 Å². The lowest BCUT2D eigenvalue weighted by atomic mass is 10.1. The van der Waals surface area contributed by atoms with Gasteiger partial charge in [0.1, 0.15) is 12.6 Å². The molecule has 0 spiro atoms. The summed E-state index contributed by atoms with van der Waals surface area (Å²) >= 11 is 1.52. The van der Waals surface area contributed by atoms with Crippen LogP contribution in [-0.4, -0.2) is 50.5 Å². The molecule has 0 saturated heterocycles. The van der Waals surface area contributed by atoms with Crippen molar-refractivity contribution in [3.05, 3.63) is 89.5 Å². The Bertz CT molecular complexity index is 1390. The van der Waals surface area contributed by atoms with Crippen LogP contribution < -0.4 is 9.62 Å². The molecular weight excluding hydrogens is 542 g/mol. The summed E-state index contributed by atoms with van der Waals surface area (Å²) < 4.78 is 29.0. The van der Waals surface area contributed by atoms with Crippen LogP contribution in [0.5, 0.6) is 0 Å². The van der Waals surface area contributed by atoms with Gasteiger partial charge in [0.05, 0.1) is 10.6 Å². The Morgan fingerprint density at radius 2 is 1.60 bits per heavy atom. The Labute approximate surface area is 243 Å². The smallest absolute Gasteiger partial charge is 0.264 e. The molecule has 1 atom stereocenters. The van der Waals surface area contributed by atoms with Crippen LogP contribution in [0.3, 0.4) is 0 Å². The normalized spacial score (nSPS) is 12.0. The molecule has 0 aromatic heterocycles. The van der Waals surface area contributed by atoms with Gasteiger partial charge in [0.15, 0.2) is 0 Å². The average Bonchev–Trinajstić information content (AvgIpc) is 2.95. The number of amides is 2. The van der Waals surface area contributed by atoms with Crippen LogP contribution in [0.25, 0.3) is 0 Å². The van der Waals surface area contributed by atoms with Gasteiger partial charge in [0, 0.05) is 18.0 Å². The molecular formula is C31H39N3O4S2. The highest BCUT2D eigenvalue weighted by Crippen LogP contribution is 2.26. The predicted octanol–water partition coefficient (Wildman–Crippen LogP) is 5.55. The zero-order chi connectivity index (χ0) is 29.3. The van der Waals surface area contributed by atoms with Crippen molar-refractivity contribution in [3.8, 4) is 0 Å². The van der Waals surface area contributed by atoms with E-state index in [1.165, 1.54) is 16.7 Å². The summed E-state index contributed by atoms with van der Waals surface area (Å²) in [5.41, 5.74) is 3.22. The first-order chi connectivity index (χ1) is 19.1. The summed E-state index contributed by atoms with van der Waals surface area (Å²) in [6.45, 7) is 7.83. The van der Waals surface area contributed by atoms with E-state index in [4.69, 9.17) is 0 Å². The highest BCUT2D eigenvalue weighted by atomic mass is 32.2. The number of carbonyl (C=O) groups is 2. The molecule has 0 saturated carbocycles. The van der Waals surface area contributed by atoms with Crippen LogP contribution >= 0.6 is 11.8 Å². The molecule has 3 rings (SSSR count). The van der Waals surface area contributed by atoms with Gasteiger partial charge in [-0.25, -0.2) is 8.42 Å². The molecule has 1 N–H and O–H groups in total. The standard InChI is InChI=1S/C31H39N3O4S2/c1-6-7-20-32-31(36)25(4)33(21-26-11-9-8-10-24(26)3)30(35)22-34(27-14-12-23(2)13-15-27)40(37,38)29-18-16-28(39-5)17-19-29/h8-19,25H,6-7,20-22H2,1-5H3,(H,32,36)/t25-/m1/s1. The molecule has 214 valence electrons. The van der Waals surface area contributed by atoms with Gasteiger partial charge in [-0.3, -0.25) is 13.9 Å². The molecule has 0 fully saturated rings. The Morgan fingerprint density at radius 1 is 0.950 bits per heavy atom. The van der Waals surface area contributed by atoms with E-state index in [9.17, 15) is 18.0 Å². The fourth-order valence-corrected chi connectivity index (χ4v) is 6.03. The van der Waals surface area contributed by atoms with E-state index in [0.717, 1.165) is 38.7 Å². The van der Waals surface area contributed by atoms with E-state index in [0.29, 0.717) is 12.2 Å². The van der Waals surface area contributed by atoms with Crippen molar-refractivity contribution < 1.29 is 18.0 Å². The number of nitrogens with one attached hydrogen (secondary N) is 1. The Kier molecular flexibility index (Phi) is 11.2. The molecule has 40 heavy (non-hydrogen) atoms. The van der Waals surface area contributed by atoms with Gasteiger partial charge in [-0.1, -0.05) is 55.3 Å². The van der Waals surface area contributed by atoms with Crippen molar-refractivity contribution in [3.63, 3.8) is 0 Å². The minimum atomic E-state index is -4.09. The molecule has 0 aliphatic rings. The minimum Gasteiger partial charge on any atom is -0.354 e. The van der Waals surface area contributed by atoms with E-state index in [-0.39, 0.29) is 17.3 Å². The van der Waals surface area contributed by atoms with Crippen LogP contribution in [0.15, 0.2) is 82.6 Å². The first kappa shape index (κ1) is 31.2. The van der Waals surface area contributed by atoms with Gasteiger partial charge in [0.2, 0.25) is 11.8 Å². The quantitative estimate of drug-likeness (QED) is 0.211. The van der Waals surface area contributed by atoms with Gasteiger partial charge < -0.3 is 10.2 Å². The Balaban J connectivity index is 2.00. The van der Waals surface area contributed by atoms with Crippen LogP contribution in [0, 0.1) is 13.8 Å². The molecule has 0 bridgehead atoms. The largest absolute Gasteiger partial charge is 0.354 e. The lowest BCUT2D eigenvalue weighted by molar-refractivity contribution is -0.139. The first-order valence-corrected chi connectivity index (χ1v) is 16.1. The van der Waals surface area contributed by atoms with Crippen LogP contribution in [-0.2, 0) is 26.2 Å². The number of aryl methyl sites for hydroxylation is 2. The summed E-state index contributed by atoms with van der Waals surface area (Å²) in [7, 11) is -4.09. The van der Waals surface area contributed by atoms with E-state index in [2.05, 4.69) is 5.32 Å². The van der Waals surface area contributed by atoms with Gasteiger partial charge >= 0.3 is 0 Å². The van der Waals surface area contributed by atoms with Gasteiger partial charge in [-0.05, 0) is 81.0 Å². The van der Waals surface area contributed by atoms with E-state index in [1.807, 2.05) is 63.4 Å². The molecule has 3 aromatic rings. The SMILES string of the molecule is CCCCNC(=O)[C@@H](C)N(Cc1ccccc1C)C(=O)CN(c1ccc(C)cc1)S(=O)(=O)c1ccc(SC)cc1. The van der Waals surface area contributed by atoms with Gasteiger partial charge in [-0.15, -0.1) is 11.8 Å². The molecule has 2 amide bonds. The fraction of sp³-hybridized carbons (Fsp3) is 0.355. The van der Waals surface area contributed by atoms with Crippen molar-refractivity contribution in [1.29, 1.82) is 0 Å². The van der Waals surface area contributed by atoms with Crippen molar-refractivity contribution in [2.45, 2.75) is 62.9 Å². The lowest BCUT2D eigenvalue weighted by Gasteiger charge is -2.32. The van der Waals surface area contributed by atoms with Crippen LogP contribution in [0.4, 0.5) is 5.69 Å². The molecule has 0 aliphatic carbocycles. The number of hydrogen-bond acceptors (Lipinski definition) is 5. The third-order valence-electron chi connectivity index (χ3n) is 6.85. The number of anilines is 1. The zero-order valence-corrected chi connectivity index (χ0v) is 25.5. The highest BCUT2D eigenvalue weighted by molar-refractivity contribution is 7.98. The highest BCUT2D eigenvalue weighted by Gasteiger charge is 2.32. The number of benzene rings is 3. The summed E-state index contributed by atoms with van der Waals surface area (Å²) in [6, 6.07) is 20.5. The Hall–Kier alpha value is -3.30. The molecule has 0 unspecified atom stereocenters. The maximum atomic E-state index is 14.0. The molecule has 9 heteroatoms. The Morgan fingerprint density at radius 3 is 2.20 bits per heavy atom. The molecule has 3 aromatic carbocycles. The molecule has 0 aliphatic heterocycles. The summed E-state index contributed by atoms with van der Waals surface area (Å²) in [6.07, 6.45) is 3.68. The number of unbranched alkanes of at least 4 members (excludes halogenated alkanes) is 1. The third kappa shape index (κ3) is 7.88. The molecule has 0 heterocycles. The van der Waals surface area contributed by atoms with Gasteiger partial charge in [0.25, 0.3) is 10.0 Å². The molecule has 0 radical (unpaired) electrons. The predicted molar refractivity (Wildman–Crippen MR) is 163 cm³/mol. The van der Waals surface area contributed by atoms with E-state index in [1.54, 1.807) is 43.3 Å². The number of carbonyl (C=O) groups excluding carboxylic acids is 2. The monoisotopic (exact) mass is 581 g/mol. The maximum absolute atomic E-state index is 14.0. The average molecular weight is 582 g/mol. The molecule has 7 nitrogen and oxygen atoms in total. The number of hydrogen-bond donors (Lipinski definition) is 1. The number of nitrogens with zero attached hydrogens (tertiary/aromatic N) is 2. The maximum Gasteiger partial charge on any atom is 0.264 e. The lowest BCUT2D eigenvalue weighted by Crippen LogP contribution is -2.51. The van der Waals surface area contributed by atoms with Crippen molar-refractivity contribution in [2.24, 2.45) is 0 Å². The second-order valence-electron chi connectivity index (χ2n) is 9.79. The number of rotatable bonds is 13. The van der Waals surface area contributed by atoms with E-state index < -0.39 is 28.5 Å². The van der Waals surface area contributed by atoms with Crippen molar-refractivity contribution in [2.75, 3.05) is 23.7 Å². The second kappa shape index (κ2) is 14.4. The fourth-order valence-electron chi connectivity index (χ4n) is 4.20. The summed E-state index contributed by atoms with van der Waals surface area (Å²) in [5.74, 6) is -0.737. The topological polar surface area (TPSA) is 86.8 Å².